The molecule has 11 atom stereocenters. The first kappa shape index (κ1) is 31.1. The molecule has 4 aliphatic carbocycles. The van der Waals surface area contributed by atoms with Crippen LogP contribution in [-0.2, 0) is 28.5 Å². The smallest absolute Gasteiger partial charge is 0.323 e. The third-order valence-corrected chi connectivity index (χ3v) is 13.2. The van der Waals surface area contributed by atoms with E-state index in [0.29, 0.717) is 19.6 Å². The molecule has 2 spiro atoms. The monoisotopic (exact) mass is 615 g/mol. The fourth-order valence-electron chi connectivity index (χ4n) is 10.4. The topological polar surface area (TPSA) is 134 Å². The first-order valence-corrected chi connectivity index (χ1v) is 17.2. The summed E-state index contributed by atoms with van der Waals surface area (Å²) in [6.45, 7) is 8.86. The predicted molar refractivity (Wildman–Crippen MR) is 162 cm³/mol. The maximum Gasteiger partial charge on any atom is 0.323 e. The van der Waals surface area contributed by atoms with E-state index in [-0.39, 0.29) is 69.5 Å². The fourth-order valence-corrected chi connectivity index (χ4v) is 10.4. The van der Waals surface area contributed by atoms with Crippen LogP contribution in [0.1, 0.15) is 91.4 Å². The quantitative estimate of drug-likeness (QED) is 0.0812. The minimum Gasteiger partial charge on any atom is -0.464 e. The van der Waals surface area contributed by atoms with Crippen molar-refractivity contribution < 1.29 is 33.6 Å². The van der Waals surface area contributed by atoms with Crippen molar-refractivity contribution in [3.63, 3.8) is 0 Å². The maximum absolute atomic E-state index is 13.5. The molecule has 0 aromatic rings. The van der Waals surface area contributed by atoms with Crippen molar-refractivity contribution >= 4 is 11.9 Å². The van der Waals surface area contributed by atoms with Gasteiger partial charge in [0.1, 0.15) is 17.9 Å². The Labute approximate surface area is 261 Å². The lowest BCUT2D eigenvalue weighted by Crippen LogP contribution is -2.64. The Morgan fingerprint density at radius 3 is 2.61 bits per heavy atom. The Morgan fingerprint density at radius 2 is 1.95 bits per heavy atom. The third kappa shape index (κ3) is 4.64. The molecule has 10 heteroatoms. The van der Waals surface area contributed by atoms with Crippen LogP contribution in [0.2, 0.25) is 0 Å². The molecule has 4 N–H and O–H groups in total. The van der Waals surface area contributed by atoms with Crippen LogP contribution in [0.4, 0.5) is 0 Å². The van der Waals surface area contributed by atoms with Gasteiger partial charge in [0, 0.05) is 31.0 Å². The molecule has 0 aromatic heterocycles. The lowest BCUT2D eigenvalue weighted by molar-refractivity contribution is -0.145. The summed E-state index contributed by atoms with van der Waals surface area (Å²) >= 11 is 0. The number of hydrogen-bond donors (Lipinski definition) is 4. The van der Waals surface area contributed by atoms with Crippen LogP contribution in [0.25, 0.3) is 0 Å². The molecule has 246 valence electrons. The van der Waals surface area contributed by atoms with Gasteiger partial charge in [-0.05, 0) is 103 Å². The third-order valence-electron chi connectivity index (χ3n) is 13.2. The Balaban J connectivity index is 0.952. The lowest BCUT2D eigenvalue weighted by Gasteiger charge is -2.54. The van der Waals surface area contributed by atoms with Crippen LogP contribution in [-0.4, -0.2) is 92.1 Å². The van der Waals surface area contributed by atoms with E-state index in [2.05, 4.69) is 42.8 Å². The molecule has 3 saturated heterocycles. The van der Waals surface area contributed by atoms with Crippen LogP contribution >= 0.6 is 0 Å². The highest BCUT2D eigenvalue weighted by atomic mass is 16.6. The molecule has 7 fully saturated rings. The Hall–Kier alpha value is -1.56. The number of ether oxygens (including phenoxy) is 4. The summed E-state index contributed by atoms with van der Waals surface area (Å²) in [5.41, 5.74) is -0.00489. The van der Waals surface area contributed by atoms with Gasteiger partial charge in [-0.2, -0.15) is 0 Å². The van der Waals surface area contributed by atoms with Gasteiger partial charge < -0.3 is 34.7 Å². The fraction of sp³-hybridized carbons (Fsp3) is 0.882. The second-order valence-corrected chi connectivity index (χ2v) is 15.5. The molecule has 4 unspecified atom stereocenters. The van der Waals surface area contributed by atoms with Crippen molar-refractivity contribution in [1.29, 1.82) is 0 Å². The predicted octanol–water partition coefficient (Wildman–Crippen LogP) is 2.72. The van der Waals surface area contributed by atoms with E-state index >= 15 is 0 Å². The van der Waals surface area contributed by atoms with Gasteiger partial charge in [0.25, 0.3) is 0 Å². The molecule has 1 amide bonds. The molecule has 10 nitrogen and oxygen atoms in total. The second-order valence-electron chi connectivity index (χ2n) is 15.5. The average Bonchev–Trinajstić information content (AvgIpc) is 3.94. The summed E-state index contributed by atoms with van der Waals surface area (Å²) in [5.74, 6) is 0.00812. The van der Waals surface area contributed by atoms with Gasteiger partial charge in [-0.3, -0.25) is 14.9 Å². The minimum atomic E-state index is -0.691. The highest BCUT2D eigenvalue weighted by molar-refractivity contribution is 5.88. The number of amides is 1. The molecule has 44 heavy (non-hydrogen) atoms. The summed E-state index contributed by atoms with van der Waals surface area (Å²) in [6.07, 6.45) is 11.1. The number of allylic oxidation sites excluding steroid dienone is 1. The summed E-state index contributed by atoms with van der Waals surface area (Å²) < 4.78 is 24.1. The zero-order valence-corrected chi connectivity index (χ0v) is 27.0. The van der Waals surface area contributed by atoms with Gasteiger partial charge >= 0.3 is 5.97 Å². The van der Waals surface area contributed by atoms with Gasteiger partial charge in [0.15, 0.2) is 0 Å². The van der Waals surface area contributed by atoms with E-state index in [1.165, 1.54) is 5.57 Å². The van der Waals surface area contributed by atoms with Gasteiger partial charge in [-0.1, -0.05) is 11.6 Å². The van der Waals surface area contributed by atoms with Crippen molar-refractivity contribution in [2.75, 3.05) is 33.4 Å². The second kappa shape index (κ2) is 11.0. The number of aliphatic hydroxyl groups excluding tert-OH is 1. The van der Waals surface area contributed by atoms with Gasteiger partial charge in [-0.25, -0.2) is 0 Å². The molecule has 0 radical (unpaired) electrons. The zero-order valence-electron chi connectivity index (χ0n) is 27.0. The van der Waals surface area contributed by atoms with E-state index < -0.39 is 6.23 Å². The number of carbonyl (C=O) groups is 2. The summed E-state index contributed by atoms with van der Waals surface area (Å²) in [7, 11) is 1.78. The standard InChI is InChI=1S/C34H53N3O7/c1-21(2)8-9-24-30(3,44-24)26-25(41-4)22(10-11-33(26)20-43-33)37-29(40)31-12-13-32(19-34(31,32)15-14-31)28(39)36-17-6-18-42-27(38)23-7-5-16-35-23/h8,22-26,29,35,37,40H,5-7,9-20H2,1-4H3,(H,36,39)/t22-,23+,24-,25-,26-,29?,30+,31?,32?,33+,34?/m1/s1. The van der Waals surface area contributed by atoms with E-state index in [4.69, 9.17) is 18.9 Å². The average molecular weight is 616 g/mol. The number of rotatable bonds is 13. The number of nitrogens with one attached hydrogen (secondary N) is 3. The van der Waals surface area contributed by atoms with Crippen LogP contribution in [0.5, 0.6) is 0 Å². The molecular formula is C34H53N3O7. The normalized spacial score (nSPS) is 46.8. The van der Waals surface area contributed by atoms with Crippen molar-refractivity contribution in [3.8, 4) is 0 Å². The summed E-state index contributed by atoms with van der Waals surface area (Å²) in [5, 5.41) is 21.9. The van der Waals surface area contributed by atoms with Crippen molar-refractivity contribution in [2.24, 2.45) is 22.2 Å². The van der Waals surface area contributed by atoms with Crippen LogP contribution in [0, 0.1) is 22.2 Å². The van der Waals surface area contributed by atoms with E-state index in [1.54, 1.807) is 7.11 Å². The summed E-state index contributed by atoms with van der Waals surface area (Å²) in [6, 6.07) is -0.201. The number of hydrogen-bond acceptors (Lipinski definition) is 9. The Kier molecular flexibility index (Phi) is 7.78. The van der Waals surface area contributed by atoms with E-state index in [9.17, 15) is 14.7 Å². The number of esters is 1. The highest BCUT2D eigenvalue weighted by Gasteiger charge is 2.87. The lowest BCUT2D eigenvalue weighted by atomic mass is 9.55. The van der Waals surface area contributed by atoms with Crippen LogP contribution in [0.15, 0.2) is 11.6 Å². The largest absolute Gasteiger partial charge is 0.464 e. The molecular weight excluding hydrogens is 562 g/mol. The maximum atomic E-state index is 13.5. The molecule has 0 bridgehead atoms. The minimum absolute atomic E-state index is 0.0169. The highest BCUT2D eigenvalue weighted by Crippen LogP contribution is 2.89. The molecule has 7 rings (SSSR count). The number of methoxy groups -OCH3 is 1. The molecule has 4 saturated carbocycles. The van der Waals surface area contributed by atoms with Gasteiger partial charge in [-0.15, -0.1) is 0 Å². The van der Waals surface area contributed by atoms with Crippen LogP contribution < -0.4 is 16.0 Å². The zero-order chi connectivity index (χ0) is 31.0. The molecule has 0 aromatic carbocycles. The Morgan fingerprint density at radius 1 is 1.16 bits per heavy atom. The number of epoxide rings is 2. The molecule has 3 heterocycles. The van der Waals surface area contributed by atoms with Crippen molar-refractivity contribution in [3.05, 3.63) is 11.6 Å². The van der Waals surface area contributed by atoms with Gasteiger partial charge in [0.2, 0.25) is 5.91 Å². The van der Waals surface area contributed by atoms with Crippen molar-refractivity contribution in [1.82, 2.24) is 16.0 Å². The van der Waals surface area contributed by atoms with Crippen molar-refractivity contribution in [2.45, 2.75) is 133 Å². The number of aliphatic hydroxyl groups is 1. The van der Waals surface area contributed by atoms with E-state index in [0.717, 1.165) is 77.4 Å². The van der Waals surface area contributed by atoms with Crippen LogP contribution in [0.3, 0.4) is 0 Å². The molecule has 7 aliphatic rings. The van der Waals surface area contributed by atoms with E-state index in [1.807, 2.05) is 0 Å². The van der Waals surface area contributed by atoms with Gasteiger partial charge in [0.05, 0.1) is 36.4 Å². The first-order chi connectivity index (χ1) is 21.1. The molecule has 3 aliphatic heterocycles. The SMILES string of the molecule is CO[C@@H]1[C@H](NC(O)C23CCC4(C(=O)NCCCOC(=O)[C@@H]5CCCN5)CC42CC3)CC[C@]2(CO2)[C@H]1[C@@]1(C)O[C@@H]1CC=C(C)C. The number of carbonyl (C=O) groups excluding carboxylic acids is 2. The first-order valence-electron chi connectivity index (χ1n) is 17.2. The summed E-state index contributed by atoms with van der Waals surface area (Å²) in [4.78, 5) is 25.7. The Bertz CT molecular complexity index is 1180.